The molecule has 5 nitrogen and oxygen atoms in total. The minimum atomic E-state index is -0.693. The van der Waals surface area contributed by atoms with E-state index in [0.29, 0.717) is 0 Å². The number of benzene rings is 1. The molecule has 0 unspecified atom stereocenters. The van der Waals surface area contributed by atoms with Crippen LogP contribution in [0, 0.1) is 0 Å². The van der Waals surface area contributed by atoms with Crippen LogP contribution in [0.5, 0.6) is 0 Å². The molecule has 96 valence electrons. The van der Waals surface area contributed by atoms with Crippen LogP contribution in [0.1, 0.15) is 18.6 Å². The standard InChI is InChI=1S/C12H18N2O2.H2O/c1-9(14(2)11(15)8-13)12(16)10-6-4-3-5-7-10;/h3-7,9,12,16H,8,13H2,1-2H3;1H2/t9-,12+;/m0./s1. The lowest BCUT2D eigenvalue weighted by Gasteiger charge is -2.28. The summed E-state index contributed by atoms with van der Waals surface area (Å²) in [6.45, 7) is 1.76. The second kappa shape index (κ2) is 7.01. The van der Waals surface area contributed by atoms with Crippen LogP contribution in [0.15, 0.2) is 30.3 Å². The summed E-state index contributed by atoms with van der Waals surface area (Å²) in [5.74, 6) is -0.178. The summed E-state index contributed by atoms with van der Waals surface area (Å²) < 4.78 is 0. The van der Waals surface area contributed by atoms with Gasteiger partial charge >= 0.3 is 0 Å². The normalized spacial score (nSPS) is 13.4. The largest absolute Gasteiger partial charge is 0.412 e. The summed E-state index contributed by atoms with van der Waals surface area (Å²) in [6, 6.07) is 8.98. The molecule has 1 rings (SSSR count). The highest BCUT2D eigenvalue weighted by molar-refractivity contribution is 5.78. The molecular weight excluding hydrogens is 220 g/mol. The average Bonchev–Trinajstić information content (AvgIpc) is 2.36. The number of nitrogens with zero attached hydrogens (tertiary/aromatic N) is 1. The lowest BCUT2D eigenvalue weighted by atomic mass is 10.0. The van der Waals surface area contributed by atoms with Crippen molar-refractivity contribution in [2.45, 2.75) is 19.1 Å². The van der Waals surface area contributed by atoms with Gasteiger partial charge in [-0.05, 0) is 12.5 Å². The Labute approximate surface area is 101 Å². The van der Waals surface area contributed by atoms with Gasteiger partial charge < -0.3 is 21.2 Å². The molecule has 0 aliphatic carbocycles. The first-order chi connectivity index (χ1) is 7.57. The van der Waals surface area contributed by atoms with E-state index in [4.69, 9.17) is 5.73 Å². The molecule has 0 aliphatic heterocycles. The van der Waals surface area contributed by atoms with E-state index in [9.17, 15) is 9.90 Å². The third kappa shape index (κ3) is 3.81. The smallest absolute Gasteiger partial charge is 0.236 e. The highest BCUT2D eigenvalue weighted by Crippen LogP contribution is 2.19. The molecule has 0 fully saturated rings. The van der Waals surface area contributed by atoms with E-state index in [1.807, 2.05) is 30.3 Å². The monoisotopic (exact) mass is 240 g/mol. The van der Waals surface area contributed by atoms with Gasteiger partial charge in [-0.15, -0.1) is 0 Å². The number of likely N-dealkylation sites (N-methyl/N-ethyl adjacent to an activating group) is 1. The predicted molar refractivity (Wildman–Crippen MR) is 66.3 cm³/mol. The number of aliphatic hydroxyl groups excluding tert-OH is 1. The molecule has 0 aliphatic rings. The second-order valence-corrected chi connectivity index (χ2v) is 3.80. The molecule has 1 amide bonds. The van der Waals surface area contributed by atoms with Crippen molar-refractivity contribution in [3.63, 3.8) is 0 Å². The number of nitrogens with two attached hydrogens (primary N) is 1. The highest BCUT2D eigenvalue weighted by Gasteiger charge is 2.22. The van der Waals surface area contributed by atoms with E-state index in [1.165, 1.54) is 4.90 Å². The van der Waals surface area contributed by atoms with Crippen molar-refractivity contribution >= 4 is 5.91 Å². The van der Waals surface area contributed by atoms with Gasteiger partial charge in [-0.1, -0.05) is 30.3 Å². The zero-order chi connectivity index (χ0) is 12.1. The number of carbonyl (C=O) groups excluding carboxylic acids is 1. The maximum Gasteiger partial charge on any atom is 0.236 e. The number of hydrogen-bond acceptors (Lipinski definition) is 3. The maximum atomic E-state index is 11.4. The van der Waals surface area contributed by atoms with Crippen LogP contribution in [-0.4, -0.2) is 41.0 Å². The Kier molecular flexibility index (Phi) is 6.42. The maximum absolute atomic E-state index is 11.4. The van der Waals surface area contributed by atoms with Gasteiger partial charge in [0.1, 0.15) is 0 Å². The molecule has 0 saturated heterocycles. The van der Waals surface area contributed by atoms with Gasteiger partial charge in [0.25, 0.3) is 0 Å². The number of aliphatic hydroxyl groups is 1. The number of hydrogen-bond donors (Lipinski definition) is 2. The van der Waals surface area contributed by atoms with Crippen LogP contribution in [-0.2, 0) is 4.79 Å². The van der Waals surface area contributed by atoms with Crippen LogP contribution in [0.25, 0.3) is 0 Å². The van der Waals surface area contributed by atoms with Crippen LogP contribution < -0.4 is 5.73 Å². The first-order valence-corrected chi connectivity index (χ1v) is 5.26. The molecule has 0 saturated carbocycles. The predicted octanol–water partition coefficient (Wildman–Crippen LogP) is -0.299. The molecule has 0 aromatic heterocycles. The average molecular weight is 240 g/mol. The van der Waals surface area contributed by atoms with Crippen LogP contribution in [0.2, 0.25) is 0 Å². The first kappa shape index (κ1) is 15.6. The summed E-state index contributed by atoms with van der Waals surface area (Å²) >= 11 is 0. The zero-order valence-electron chi connectivity index (χ0n) is 10.1. The molecule has 0 spiro atoms. The molecule has 1 aromatic rings. The second-order valence-electron chi connectivity index (χ2n) is 3.80. The van der Waals surface area contributed by atoms with E-state index in [-0.39, 0.29) is 24.0 Å². The van der Waals surface area contributed by atoms with Crippen LogP contribution in [0.4, 0.5) is 0 Å². The lowest BCUT2D eigenvalue weighted by molar-refractivity contribution is -0.132. The third-order valence-corrected chi connectivity index (χ3v) is 2.78. The fraction of sp³-hybridized carbons (Fsp3) is 0.417. The van der Waals surface area contributed by atoms with Gasteiger partial charge in [-0.3, -0.25) is 4.79 Å². The summed E-state index contributed by atoms with van der Waals surface area (Å²) in [4.78, 5) is 12.8. The van der Waals surface area contributed by atoms with Gasteiger partial charge in [-0.25, -0.2) is 0 Å². The molecule has 0 radical (unpaired) electrons. The molecule has 1 aromatic carbocycles. The van der Waals surface area contributed by atoms with Gasteiger partial charge in [0.05, 0.1) is 18.7 Å². The van der Waals surface area contributed by atoms with Gasteiger partial charge in [0.15, 0.2) is 0 Å². The Morgan fingerprint density at radius 3 is 2.41 bits per heavy atom. The quantitative estimate of drug-likeness (QED) is 0.756. The minimum Gasteiger partial charge on any atom is -0.412 e. The summed E-state index contributed by atoms with van der Waals surface area (Å²) in [6.07, 6.45) is -0.693. The SMILES string of the molecule is C[C@@H]([C@@H](O)c1ccccc1)N(C)C(=O)CN.O. The number of rotatable bonds is 4. The molecule has 0 bridgehead atoms. The summed E-state index contributed by atoms with van der Waals surface area (Å²) in [5.41, 5.74) is 6.07. The minimum absolute atomic E-state index is 0. The Bertz CT molecular complexity index is 343. The van der Waals surface area contributed by atoms with Crippen molar-refractivity contribution in [3.8, 4) is 0 Å². The van der Waals surface area contributed by atoms with E-state index < -0.39 is 6.10 Å². The topological polar surface area (TPSA) is 98.1 Å². The van der Waals surface area contributed by atoms with Crippen molar-refractivity contribution in [3.05, 3.63) is 35.9 Å². The molecule has 5 N–H and O–H groups in total. The molecular formula is C12H20N2O3. The fourth-order valence-electron chi connectivity index (χ4n) is 1.51. The Morgan fingerprint density at radius 2 is 1.94 bits per heavy atom. The summed E-state index contributed by atoms with van der Waals surface area (Å²) in [5, 5.41) is 10.1. The molecule has 0 heterocycles. The first-order valence-electron chi connectivity index (χ1n) is 5.26. The van der Waals surface area contributed by atoms with Gasteiger partial charge in [0.2, 0.25) is 5.91 Å². The van der Waals surface area contributed by atoms with E-state index in [0.717, 1.165) is 5.56 Å². The Balaban J connectivity index is 0.00000256. The zero-order valence-corrected chi connectivity index (χ0v) is 10.1. The molecule has 17 heavy (non-hydrogen) atoms. The van der Waals surface area contributed by atoms with Crippen LogP contribution in [0.3, 0.4) is 0 Å². The third-order valence-electron chi connectivity index (χ3n) is 2.78. The van der Waals surface area contributed by atoms with Crippen molar-refractivity contribution in [1.29, 1.82) is 0 Å². The lowest BCUT2D eigenvalue weighted by Crippen LogP contribution is -2.42. The summed E-state index contributed by atoms with van der Waals surface area (Å²) in [7, 11) is 1.64. The Hall–Kier alpha value is -1.43. The van der Waals surface area contributed by atoms with Crippen LogP contribution >= 0.6 is 0 Å². The molecule has 5 heteroatoms. The number of amides is 1. The fourth-order valence-corrected chi connectivity index (χ4v) is 1.51. The number of carbonyl (C=O) groups is 1. The van der Waals surface area contributed by atoms with Crippen molar-refractivity contribution in [1.82, 2.24) is 4.90 Å². The van der Waals surface area contributed by atoms with E-state index >= 15 is 0 Å². The Morgan fingerprint density at radius 1 is 1.41 bits per heavy atom. The van der Waals surface area contributed by atoms with Gasteiger partial charge in [-0.2, -0.15) is 0 Å². The highest BCUT2D eigenvalue weighted by atomic mass is 16.3. The van der Waals surface area contributed by atoms with E-state index in [1.54, 1.807) is 14.0 Å². The molecule has 2 atom stereocenters. The van der Waals surface area contributed by atoms with Gasteiger partial charge in [0, 0.05) is 7.05 Å². The van der Waals surface area contributed by atoms with Crippen molar-refractivity contribution in [2.75, 3.05) is 13.6 Å². The van der Waals surface area contributed by atoms with Crippen molar-refractivity contribution in [2.24, 2.45) is 5.73 Å². The van der Waals surface area contributed by atoms with Crippen molar-refractivity contribution < 1.29 is 15.4 Å². The van der Waals surface area contributed by atoms with E-state index in [2.05, 4.69) is 0 Å².